The third-order valence-electron chi connectivity index (χ3n) is 4.12. The highest BCUT2D eigenvalue weighted by Crippen LogP contribution is 2.52. The van der Waals surface area contributed by atoms with Crippen LogP contribution in [0.25, 0.3) is 5.69 Å². The maximum Gasteiger partial charge on any atom is 0.180 e. The van der Waals surface area contributed by atoms with Crippen molar-refractivity contribution in [3.05, 3.63) is 47.3 Å². The van der Waals surface area contributed by atoms with E-state index in [-0.39, 0.29) is 20.9 Å². The summed E-state index contributed by atoms with van der Waals surface area (Å²) in [5, 5.41) is 4.61. The number of nitrogens with zero attached hydrogens (tertiary/aromatic N) is 2. The number of hydrogen-bond acceptors (Lipinski definition) is 2. The molecule has 0 bridgehead atoms. The van der Waals surface area contributed by atoms with Gasteiger partial charge in [-0.1, -0.05) is 63.9 Å². The van der Waals surface area contributed by atoms with Crippen LogP contribution in [0, 0.1) is 12.3 Å². The average Bonchev–Trinajstić information content (AvgIpc) is 2.82. The molecule has 5 heteroatoms. The Morgan fingerprint density at radius 1 is 1.14 bits per heavy atom. The van der Waals surface area contributed by atoms with Crippen LogP contribution in [0.3, 0.4) is 0 Å². The summed E-state index contributed by atoms with van der Waals surface area (Å²) in [4.78, 5) is 12.6. The maximum absolute atomic E-state index is 12.7. The number of carbonyl (C=O) groups excluding carboxylic acids is 1. The van der Waals surface area contributed by atoms with Gasteiger partial charge in [-0.05, 0) is 19.1 Å². The summed E-state index contributed by atoms with van der Waals surface area (Å²) >= 11 is 7.36. The van der Waals surface area contributed by atoms with Gasteiger partial charge in [0.25, 0.3) is 0 Å². The Morgan fingerprint density at radius 2 is 1.76 bits per heavy atom. The van der Waals surface area contributed by atoms with Gasteiger partial charge in [-0.25, -0.2) is 4.68 Å². The quantitative estimate of drug-likeness (QED) is 0.642. The highest BCUT2D eigenvalue weighted by atomic mass is 79.9. The molecule has 0 amide bonds. The number of aryl methyl sites for hydroxylation is 1. The van der Waals surface area contributed by atoms with E-state index >= 15 is 0 Å². The molecule has 110 valence electrons. The van der Waals surface area contributed by atoms with Crippen LogP contribution < -0.4 is 0 Å². The van der Waals surface area contributed by atoms with Gasteiger partial charge in [0.1, 0.15) is 0 Å². The van der Waals surface area contributed by atoms with Gasteiger partial charge < -0.3 is 0 Å². The predicted molar refractivity (Wildman–Crippen MR) is 90.8 cm³/mol. The summed E-state index contributed by atoms with van der Waals surface area (Å²) in [5.74, 6) is 0.116. The molecule has 0 spiro atoms. The Bertz CT molecular complexity index is 707. The van der Waals surface area contributed by atoms with E-state index in [2.05, 4.69) is 50.8 Å². The summed E-state index contributed by atoms with van der Waals surface area (Å²) in [6, 6.07) is 9.94. The highest BCUT2D eigenvalue weighted by Gasteiger charge is 2.48. The standard InChI is InChI=1S/C16H16Br2N2O/c1-9-11-12(14(17)16(2,3)15(18)13(11)21)20(19-9)10-7-5-4-6-8-10/h4-8,14-15H,1-3H3. The minimum Gasteiger partial charge on any atom is -0.293 e. The fourth-order valence-electron chi connectivity index (χ4n) is 2.80. The van der Waals surface area contributed by atoms with Gasteiger partial charge in [0.2, 0.25) is 0 Å². The summed E-state index contributed by atoms with van der Waals surface area (Å²) in [5.41, 5.74) is 3.21. The summed E-state index contributed by atoms with van der Waals surface area (Å²) in [6.07, 6.45) is 0. The Kier molecular flexibility index (Phi) is 3.61. The molecule has 3 nitrogen and oxygen atoms in total. The second-order valence-electron chi connectivity index (χ2n) is 6.00. The molecule has 0 saturated heterocycles. The molecule has 0 saturated carbocycles. The number of halogens is 2. The van der Waals surface area contributed by atoms with Crippen LogP contribution in [0.4, 0.5) is 0 Å². The van der Waals surface area contributed by atoms with Crippen LogP contribution in [0.5, 0.6) is 0 Å². The van der Waals surface area contributed by atoms with Crippen molar-refractivity contribution in [1.82, 2.24) is 9.78 Å². The van der Waals surface area contributed by atoms with Crippen molar-refractivity contribution in [1.29, 1.82) is 0 Å². The molecule has 1 heterocycles. The van der Waals surface area contributed by atoms with Gasteiger partial charge in [-0.3, -0.25) is 4.79 Å². The minimum atomic E-state index is -0.233. The molecular formula is C16H16Br2N2O. The van der Waals surface area contributed by atoms with Crippen LogP contribution in [0.1, 0.15) is 40.4 Å². The number of fused-ring (bicyclic) bond motifs is 1. The van der Waals surface area contributed by atoms with Crippen molar-refractivity contribution < 1.29 is 4.79 Å². The number of rotatable bonds is 1. The molecule has 0 radical (unpaired) electrons. The normalized spacial score (nSPS) is 24.0. The Morgan fingerprint density at radius 3 is 2.38 bits per heavy atom. The Hall–Kier alpha value is -0.940. The summed E-state index contributed by atoms with van der Waals surface area (Å²) in [6.45, 7) is 6.07. The zero-order valence-electron chi connectivity index (χ0n) is 12.1. The number of ketones is 1. The molecule has 1 aromatic carbocycles. The topological polar surface area (TPSA) is 34.9 Å². The van der Waals surface area contributed by atoms with Gasteiger partial charge in [-0.15, -0.1) is 0 Å². The van der Waals surface area contributed by atoms with E-state index in [1.54, 1.807) is 0 Å². The molecule has 2 atom stereocenters. The lowest BCUT2D eigenvalue weighted by Crippen LogP contribution is -2.40. The molecule has 3 rings (SSSR count). The number of benzene rings is 1. The van der Waals surface area contributed by atoms with Crippen LogP contribution in [-0.2, 0) is 0 Å². The largest absolute Gasteiger partial charge is 0.293 e. The maximum atomic E-state index is 12.7. The van der Waals surface area contributed by atoms with Gasteiger partial charge in [0, 0.05) is 5.41 Å². The van der Waals surface area contributed by atoms with E-state index in [4.69, 9.17) is 0 Å². The van der Waals surface area contributed by atoms with Gasteiger partial charge in [0.15, 0.2) is 5.78 Å². The third kappa shape index (κ3) is 2.13. The van der Waals surface area contributed by atoms with Crippen LogP contribution in [0.15, 0.2) is 30.3 Å². The molecule has 2 aromatic rings. The fraction of sp³-hybridized carbons (Fsp3) is 0.375. The fourth-order valence-corrected chi connectivity index (χ4v) is 4.33. The first-order valence-corrected chi connectivity index (χ1v) is 8.66. The van der Waals surface area contributed by atoms with Gasteiger partial charge >= 0.3 is 0 Å². The SMILES string of the molecule is Cc1nn(-c2ccccc2)c2c1C(=O)C(Br)C(C)(C)C2Br. The lowest BCUT2D eigenvalue weighted by Gasteiger charge is -2.38. The summed E-state index contributed by atoms with van der Waals surface area (Å²) < 4.78 is 1.89. The average molecular weight is 412 g/mol. The molecule has 1 aromatic heterocycles. The van der Waals surface area contributed by atoms with Gasteiger partial charge in [0.05, 0.1) is 32.3 Å². The van der Waals surface area contributed by atoms with Crippen LogP contribution in [0.2, 0.25) is 0 Å². The van der Waals surface area contributed by atoms with Crippen molar-refractivity contribution in [2.24, 2.45) is 5.41 Å². The van der Waals surface area contributed by atoms with Crippen molar-refractivity contribution in [3.63, 3.8) is 0 Å². The van der Waals surface area contributed by atoms with Crippen LogP contribution >= 0.6 is 31.9 Å². The zero-order valence-corrected chi connectivity index (χ0v) is 15.3. The number of alkyl halides is 2. The molecule has 0 fully saturated rings. The number of carbonyl (C=O) groups is 1. The van der Waals surface area contributed by atoms with E-state index in [0.717, 1.165) is 22.6 Å². The minimum absolute atomic E-state index is 0.0449. The van der Waals surface area contributed by atoms with Crippen molar-refractivity contribution in [3.8, 4) is 5.69 Å². The third-order valence-corrected chi connectivity index (χ3v) is 7.33. The predicted octanol–water partition coefficient (Wildman–Crippen LogP) is 4.60. The van der Waals surface area contributed by atoms with E-state index in [0.29, 0.717) is 0 Å². The highest BCUT2D eigenvalue weighted by molar-refractivity contribution is 9.10. The van der Waals surface area contributed by atoms with E-state index in [1.807, 2.05) is 41.9 Å². The summed E-state index contributed by atoms with van der Waals surface area (Å²) in [7, 11) is 0. The first-order valence-electron chi connectivity index (χ1n) is 6.83. The van der Waals surface area contributed by atoms with E-state index < -0.39 is 0 Å². The monoisotopic (exact) mass is 410 g/mol. The smallest absolute Gasteiger partial charge is 0.180 e. The number of para-hydroxylation sites is 1. The molecule has 0 aliphatic heterocycles. The van der Waals surface area contributed by atoms with Crippen molar-refractivity contribution in [2.45, 2.75) is 30.4 Å². The number of aromatic nitrogens is 2. The molecule has 21 heavy (non-hydrogen) atoms. The molecule has 1 aliphatic carbocycles. The van der Waals surface area contributed by atoms with Gasteiger partial charge in [-0.2, -0.15) is 5.10 Å². The molecule has 1 aliphatic rings. The zero-order chi connectivity index (χ0) is 15.4. The number of Topliss-reactive ketones (excluding diaryl/α,β-unsaturated/α-hetero) is 1. The lowest BCUT2D eigenvalue weighted by molar-refractivity contribution is 0.0926. The van der Waals surface area contributed by atoms with E-state index in [9.17, 15) is 4.79 Å². The molecular weight excluding hydrogens is 396 g/mol. The second-order valence-corrected chi connectivity index (χ2v) is 7.84. The second kappa shape index (κ2) is 5.06. The Balaban J connectivity index is 2.28. The van der Waals surface area contributed by atoms with E-state index in [1.165, 1.54) is 0 Å². The Labute approximate surface area is 141 Å². The van der Waals surface area contributed by atoms with Crippen molar-refractivity contribution >= 4 is 37.6 Å². The lowest BCUT2D eigenvalue weighted by atomic mass is 9.75. The molecule has 2 unspecified atom stereocenters. The molecule has 0 N–H and O–H groups in total. The first kappa shape index (κ1) is 15.0. The number of hydrogen-bond donors (Lipinski definition) is 0. The van der Waals surface area contributed by atoms with Crippen molar-refractivity contribution in [2.75, 3.05) is 0 Å². The first-order chi connectivity index (χ1) is 9.85. The van der Waals surface area contributed by atoms with Crippen LogP contribution in [-0.4, -0.2) is 20.4 Å².